The van der Waals surface area contributed by atoms with Crippen molar-refractivity contribution in [2.45, 2.75) is 12.8 Å². The van der Waals surface area contributed by atoms with Crippen LogP contribution in [0.4, 0.5) is 0 Å². The van der Waals surface area contributed by atoms with E-state index in [1.807, 2.05) is 18.2 Å². The lowest BCUT2D eigenvalue weighted by Gasteiger charge is -2.24. The average molecular weight is 231 g/mol. The van der Waals surface area contributed by atoms with Crippen LogP contribution < -0.4 is 0 Å². The highest BCUT2D eigenvalue weighted by Crippen LogP contribution is 2.42. The summed E-state index contributed by atoms with van der Waals surface area (Å²) < 4.78 is 0. The van der Waals surface area contributed by atoms with E-state index in [0.29, 0.717) is 0 Å². The zero-order chi connectivity index (χ0) is 12.4. The Kier molecular flexibility index (Phi) is 2.70. The molecule has 0 unspecified atom stereocenters. The van der Waals surface area contributed by atoms with Gasteiger partial charge in [0, 0.05) is 0 Å². The van der Waals surface area contributed by atoms with Crippen molar-refractivity contribution >= 4 is 11.1 Å². The minimum absolute atomic E-state index is 0.722. The number of rotatable bonds is 2. The fourth-order valence-electron chi connectivity index (χ4n) is 2.40. The van der Waals surface area contributed by atoms with E-state index in [9.17, 15) is 0 Å². The van der Waals surface area contributed by atoms with E-state index in [1.54, 1.807) is 0 Å². The van der Waals surface area contributed by atoms with Crippen molar-refractivity contribution in [3.05, 3.63) is 71.3 Å². The number of allylic oxidation sites excluding steroid dienone is 2. The van der Waals surface area contributed by atoms with Crippen LogP contribution in [0.3, 0.4) is 0 Å². The molecule has 86 valence electrons. The Morgan fingerprint density at radius 1 is 0.722 bits per heavy atom. The second kappa shape index (κ2) is 4.50. The van der Waals surface area contributed by atoms with Crippen molar-refractivity contribution in [2.75, 3.05) is 0 Å². The molecule has 0 spiro atoms. The molecule has 0 fully saturated rings. The largest absolute Gasteiger partial charge is 0.192 e. The molecule has 0 saturated carbocycles. The maximum absolute atomic E-state index is 8.81. The lowest BCUT2D eigenvalue weighted by atomic mass is 9.80. The highest BCUT2D eigenvalue weighted by atomic mass is 14.3. The van der Waals surface area contributed by atoms with Crippen LogP contribution in [0.2, 0.25) is 0 Å². The van der Waals surface area contributed by atoms with Gasteiger partial charge in [-0.25, -0.2) is 0 Å². The minimum Gasteiger partial charge on any atom is -0.192 e. The molecule has 3 rings (SSSR count). The first kappa shape index (κ1) is 10.8. The summed E-state index contributed by atoms with van der Waals surface area (Å²) >= 11 is 0. The van der Waals surface area contributed by atoms with Gasteiger partial charge in [-0.1, -0.05) is 42.5 Å². The molecule has 1 nitrogen and oxygen atoms in total. The Morgan fingerprint density at radius 3 is 1.78 bits per heavy atom. The Hall–Kier alpha value is -2.33. The summed E-state index contributed by atoms with van der Waals surface area (Å²) in [5.74, 6) is 0. The SMILES string of the molecule is N#Cc1ccc(C2=C(c3ccccc3)CC2)cc1. The van der Waals surface area contributed by atoms with E-state index in [4.69, 9.17) is 5.26 Å². The van der Waals surface area contributed by atoms with Crippen molar-refractivity contribution in [3.63, 3.8) is 0 Å². The first-order chi connectivity index (χ1) is 8.88. The van der Waals surface area contributed by atoms with Crippen molar-refractivity contribution in [1.29, 1.82) is 5.26 Å². The highest BCUT2D eigenvalue weighted by Gasteiger charge is 2.19. The summed E-state index contributed by atoms with van der Waals surface area (Å²) in [5, 5.41) is 8.81. The van der Waals surface area contributed by atoms with Crippen LogP contribution in [-0.2, 0) is 0 Å². The van der Waals surface area contributed by atoms with Crippen LogP contribution in [-0.4, -0.2) is 0 Å². The van der Waals surface area contributed by atoms with Gasteiger partial charge in [0.1, 0.15) is 0 Å². The summed E-state index contributed by atoms with van der Waals surface area (Å²) in [4.78, 5) is 0. The molecule has 0 aliphatic heterocycles. The fourth-order valence-corrected chi connectivity index (χ4v) is 2.40. The summed E-state index contributed by atoms with van der Waals surface area (Å²) in [6.45, 7) is 0. The highest BCUT2D eigenvalue weighted by molar-refractivity contribution is 5.96. The topological polar surface area (TPSA) is 23.8 Å². The van der Waals surface area contributed by atoms with E-state index in [0.717, 1.165) is 18.4 Å². The molecular weight excluding hydrogens is 218 g/mol. The molecule has 0 atom stereocenters. The van der Waals surface area contributed by atoms with E-state index < -0.39 is 0 Å². The second-order valence-corrected chi connectivity index (χ2v) is 4.51. The molecule has 0 heterocycles. The third kappa shape index (κ3) is 1.83. The molecule has 2 aromatic rings. The number of hydrogen-bond acceptors (Lipinski definition) is 1. The Labute approximate surface area is 107 Å². The van der Waals surface area contributed by atoms with Gasteiger partial charge in [-0.05, 0) is 47.2 Å². The van der Waals surface area contributed by atoms with Crippen LogP contribution in [0, 0.1) is 11.3 Å². The van der Waals surface area contributed by atoms with E-state index in [2.05, 4.69) is 42.5 Å². The maximum Gasteiger partial charge on any atom is 0.0991 e. The molecule has 0 saturated heterocycles. The quantitative estimate of drug-likeness (QED) is 0.757. The molecule has 18 heavy (non-hydrogen) atoms. The van der Waals surface area contributed by atoms with E-state index in [-0.39, 0.29) is 0 Å². The van der Waals surface area contributed by atoms with Gasteiger partial charge in [0.15, 0.2) is 0 Å². The number of benzene rings is 2. The lowest BCUT2D eigenvalue weighted by Crippen LogP contribution is -2.02. The standard InChI is InChI=1S/C17H13N/c18-12-13-6-8-15(9-7-13)17-11-10-16(17)14-4-2-1-3-5-14/h1-9H,10-11H2. The Balaban J connectivity index is 1.99. The van der Waals surface area contributed by atoms with Crippen molar-refractivity contribution in [3.8, 4) is 6.07 Å². The minimum atomic E-state index is 0.722. The Morgan fingerprint density at radius 2 is 1.28 bits per heavy atom. The first-order valence-electron chi connectivity index (χ1n) is 6.16. The summed E-state index contributed by atoms with van der Waals surface area (Å²) in [7, 11) is 0. The summed E-state index contributed by atoms with van der Waals surface area (Å²) in [6, 6.07) is 20.6. The predicted octanol–water partition coefficient (Wildman–Crippen LogP) is 4.26. The number of nitrogens with zero attached hydrogens (tertiary/aromatic N) is 1. The number of nitriles is 1. The van der Waals surface area contributed by atoms with Gasteiger partial charge in [-0.15, -0.1) is 0 Å². The van der Waals surface area contributed by atoms with Gasteiger partial charge >= 0.3 is 0 Å². The molecule has 1 aliphatic carbocycles. The van der Waals surface area contributed by atoms with Crippen molar-refractivity contribution in [2.24, 2.45) is 0 Å². The maximum atomic E-state index is 8.81. The van der Waals surface area contributed by atoms with E-state index >= 15 is 0 Å². The average Bonchev–Trinajstić information content (AvgIpc) is 2.40. The smallest absolute Gasteiger partial charge is 0.0991 e. The molecule has 0 amide bonds. The van der Waals surface area contributed by atoms with Gasteiger partial charge in [-0.2, -0.15) is 5.26 Å². The van der Waals surface area contributed by atoms with E-state index in [1.165, 1.54) is 22.3 Å². The Bertz CT molecular complexity index is 628. The van der Waals surface area contributed by atoms with Crippen LogP contribution in [0.5, 0.6) is 0 Å². The number of hydrogen-bond donors (Lipinski definition) is 0. The van der Waals surface area contributed by atoms with Gasteiger partial charge in [0.25, 0.3) is 0 Å². The third-order valence-corrected chi connectivity index (χ3v) is 3.47. The molecular formula is C17H13N. The third-order valence-electron chi connectivity index (χ3n) is 3.47. The van der Waals surface area contributed by atoms with Crippen LogP contribution >= 0.6 is 0 Å². The summed E-state index contributed by atoms with van der Waals surface area (Å²) in [6.07, 6.45) is 2.29. The second-order valence-electron chi connectivity index (χ2n) is 4.51. The molecule has 0 N–H and O–H groups in total. The van der Waals surface area contributed by atoms with Crippen LogP contribution in [0.25, 0.3) is 11.1 Å². The van der Waals surface area contributed by atoms with Gasteiger partial charge < -0.3 is 0 Å². The lowest BCUT2D eigenvalue weighted by molar-refractivity contribution is 1.01. The first-order valence-corrected chi connectivity index (χ1v) is 6.16. The molecule has 1 heteroatoms. The fraction of sp³-hybridized carbons (Fsp3) is 0.118. The summed E-state index contributed by atoms with van der Waals surface area (Å²) in [5.41, 5.74) is 6.16. The molecule has 0 radical (unpaired) electrons. The van der Waals surface area contributed by atoms with Gasteiger partial charge in [0.2, 0.25) is 0 Å². The zero-order valence-electron chi connectivity index (χ0n) is 10.1. The normalized spacial score (nSPS) is 13.9. The van der Waals surface area contributed by atoms with Crippen LogP contribution in [0.15, 0.2) is 54.6 Å². The predicted molar refractivity (Wildman–Crippen MR) is 73.6 cm³/mol. The molecule has 2 aromatic carbocycles. The van der Waals surface area contributed by atoms with Gasteiger partial charge in [-0.3, -0.25) is 0 Å². The zero-order valence-corrected chi connectivity index (χ0v) is 10.1. The molecule has 0 aromatic heterocycles. The van der Waals surface area contributed by atoms with Gasteiger partial charge in [0.05, 0.1) is 11.6 Å². The monoisotopic (exact) mass is 231 g/mol. The van der Waals surface area contributed by atoms with Crippen LogP contribution in [0.1, 0.15) is 29.5 Å². The van der Waals surface area contributed by atoms with Crippen molar-refractivity contribution < 1.29 is 0 Å². The molecule has 1 aliphatic rings. The van der Waals surface area contributed by atoms with Crippen molar-refractivity contribution in [1.82, 2.24) is 0 Å². The molecule has 0 bridgehead atoms.